The Balaban J connectivity index is 3.61. The van der Waals surface area contributed by atoms with Gasteiger partial charge in [0.25, 0.3) is 0 Å². The fraction of sp³-hybridized carbons (Fsp3) is 0.875. The Kier molecular flexibility index (Phi) is 7.17. The molecular formula is C8H18NO2P. The van der Waals surface area contributed by atoms with Gasteiger partial charge in [0.15, 0.2) is 0 Å². The van der Waals surface area contributed by atoms with Gasteiger partial charge >= 0.3 is 6.09 Å². The lowest BCUT2D eigenvalue weighted by Gasteiger charge is -2.14. The molecule has 0 heterocycles. The van der Waals surface area contributed by atoms with Crippen LogP contribution in [-0.4, -0.2) is 18.9 Å². The zero-order chi connectivity index (χ0) is 9.40. The quantitative estimate of drug-likeness (QED) is 0.678. The first-order valence-corrected chi connectivity index (χ1v) is 5.87. The van der Waals surface area contributed by atoms with E-state index in [1.165, 1.54) is 0 Å². The molecule has 0 aromatic rings. The van der Waals surface area contributed by atoms with Gasteiger partial charge in [0.1, 0.15) is 6.10 Å². The van der Waals surface area contributed by atoms with Gasteiger partial charge in [-0.1, -0.05) is 20.3 Å². The predicted octanol–water partition coefficient (Wildman–Crippen LogP) is 2.51. The van der Waals surface area contributed by atoms with E-state index in [-0.39, 0.29) is 12.2 Å². The molecule has 4 heteroatoms. The summed E-state index contributed by atoms with van der Waals surface area (Å²) in [5.41, 5.74) is 0. The van der Waals surface area contributed by atoms with Gasteiger partial charge in [-0.05, 0) is 28.2 Å². The zero-order valence-electron chi connectivity index (χ0n) is 8.02. The van der Waals surface area contributed by atoms with Crippen molar-refractivity contribution in [3.63, 3.8) is 0 Å². The smallest absolute Gasteiger partial charge is 0.410 e. The lowest BCUT2D eigenvalue weighted by atomic mass is 10.2. The molecule has 0 saturated carbocycles. The standard InChI is InChI=1S/C8H18NO2P/c1-4-6-7(5-2)11-8(10)9-12-3/h7,12H,4-6H2,1-3H3,(H,9,10). The van der Waals surface area contributed by atoms with Crippen molar-refractivity contribution in [2.24, 2.45) is 0 Å². The van der Waals surface area contributed by atoms with Crippen molar-refractivity contribution in [1.82, 2.24) is 5.09 Å². The number of nitrogens with one attached hydrogen (secondary N) is 1. The maximum atomic E-state index is 11.0. The van der Waals surface area contributed by atoms with E-state index in [0.717, 1.165) is 19.3 Å². The van der Waals surface area contributed by atoms with Crippen molar-refractivity contribution in [3.8, 4) is 0 Å². The van der Waals surface area contributed by atoms with E-state index in [0.29, 0.717) is 8.73 Å². The van der Waals surface area contributed by atoms with E-state index in [1.54, 1.807) is 0 Å². The molecule has 12 heavy (non-hydrogen) atoms. The maximum Gasteiger partial charge on any atom is 0.410 e. The van der Waals surface area contributed by atoms with Crippen LogP contribution in [0.5, 0.6) is 0 Å². The molecule has 72 valence electrons. The fourth-order valence-corrected chi connectivity index (χ4v) is 1.21. The number of carbonyl (C=O) groups is 1. The molecule has 0 rings (SSSR count). The van der Waals surface area contributed by atoms with Crippen LogP contribution in [0.15, 0.2) is 0 Å². The molecule has 0 bridgehead atoms. The first-order valence-electron chi connectivity index (χ1n) is 4.37. The molecule has 0 saturated heterocycles. The third kappa shape index (κ3) is 5.36. The molecule has 2 unspecified atom stereocenters. The van der Waals surface area contributed by atoms with Gasteiger partial charge in [0.2, 0.25) is 0 Å². The van der Waals surface area contributed by atoms with Crippen LogP contribution in [0.1, 0.15) is 33.1 Å². The van der Waals surface area contributed by atoms with E-state index >= 15 is 0 Å². The van der Waals surface area contributed by atoms with Crippen molar-refractivity contribution in [3.05, 3.63) is 0 Å². The van der Waals surface area contributed by atoms with Gasteiger partial charge < -0.3 is 9.82 Å². The van der Waals surface area contributed by atoms with Gasteiger partial charge in [-0.25, -0.2) is 4.79 Å². The summed E-state index contributed by atoms with van der Waals surface area (Å²) >= 11 is 0. The third-order valence-corrected chi connectivity index (χ3v) is 2.02. The van der Waals surface area contributed by atoms with Crippen LogP contribution in [0, 0.1) is 0 Å². The molecule has 0 spiro atoms. The van der Waals surface area contributed by atoms with Crippen LogP contribution in [0.3, 0.4) is 0 Å². The fourth-order valence-electron chi connectivity index (χ4n) is 0.951. The Morgan fingerprint density at radius 1 is 1.58 bits per heavy atom. The Labute approximate surface area is 76.1 Å². The minimum absolute atomic E-state index is 0.0892. The summed E-state index contributed by atoms with van der Waals surface area (Å²) < 4.78 is 5.14. The highest BCUT2D eigenvalue weighted by atomic mass is 31.1. The van der Waals surface area contributed by atoms with E-state index in [9.17, 15) is 4.79 Å². The lowest BCUT2D eigenvalue weighted by molar-refractivity contribution is 0.0952. The summed E-state index contributed by atoms with van der Waals surface area (Å²) in [5.74, 6) is 0. The predicted molar refractivity (Wildman–Crippen MR) is 52.8 cm³/mol. The molecule has 1 N–H and O–H groups in total. The molecular weight excluding hydrogens is 173 g/mol. The van der Waals surface area contributed by atoms with Crippen molar-refractivity contribution < 1.29 is 9.53 Å². The number of hydrogen-bond acceptors (Lipinski definition) is 2. The summed E-state index contributed by atoms with van der Waals surface area (Å²) in [6.07, 6.45) is 2.72. The highest BCUT2D eigenvalue weighted by Gasteiger charge is 2.09. The van der Waals surface area contributed by atoms with Crippen LogP contribution >= 0.6 is 8.73 Å². The van der Waals surface area contributed by atoms with Crippen molar-refractivity contribution in [2.45, 2.75) is 39.2 Å². The molecule has 0 aliphatic heterocycles. The number of hydrogen-bond donors (Lipinski definition) is 1. The normalized spacial score (nSPS) is 13.2. The molecule has 0 aromatic heterocycles. The van der Waals surface area contributed by atoms with Crippen LogP contribution < -0.4 is 5.09 Å². The largest absolute Gasteiger partial charge is 0.446 e. The second-order valence-electron chi connectivity index (χ2n) is 2.60. The number of rotatable bonds is 5. The number of carbonyl (C=O) groups excluding carboxylic acids is 1. The van der Waals surface area contributed by atoms with Gasteiger partial charge in [0, 0.05) is 0 Å². The Morgan fingerprint density at radius 2 is 2.25 bits per heavy atom. The monoisotopic (exact) mass is 191 g/mol. The second kappa shape index (κ2) is 7.35. The summed E-state index contributed by atoms with van der Waals surface area (Å²) in [6, 6.07) is 0. The maximum absolute atomic E-state index is 11.0. The van der Waals surface area contributed by atoms with Crippen LogP contribution in [0.2, 0.25) is 0 Å². The van der Waals surface area contributed by atoms with Crippen LogP contribution in [0.25, 0.3) is 0 Å². The van der Waals surface area contributed by atoms with Crippen LogP contribution in [-0.2, 0) is 4.74 Å². The molecule has 0 aliphatic carbocycles. The molecule has 0 radical (unpaired) electrons. The second-order valence-corrected chi connectivity index (χ2v) is 3.35. The zero-order valence-corrected chi connectivity index (χ0v) is 9.02. The highest BCUT2D eigenvalue weighted by molar-refractivity contribution is 7.35. The Bertz CT molecular complexity index is 130. The summed E-state index contributed by atoms with van der Waals surface area (Å²) in [4.78, 5) is 11.0. The van der Waals surface area contributed by atoms with Gasteiger partial charge in [0.05, 0.1) is 0 Å². The first kappa shape index (κ1) is 11.7. The molecule has 0 aromatic carbocycles. The molecule has 2 atom stereocenters. The first-order chi connectivity index (χ1) is 5.74. The molecule has 0 fully saturated rings. The van der Waals surface area contributed by atoms with Crippen molar-refractivity contribution in [2.75, 3.05) is 6.66 Å². The summed E-state index contributed by atoms with van der Waals surface area (Å²) in [6.45, 7) is 6.02. The minimum Gasteiger partial charge on any atom is -0.446 e. The average molecular weight is 191 g/mol. The van der Waals surface area contributed by atoms with Crippen molar-refractivity contribution >= 4 is 14.8 Å². The van der Waals surface area contributed by atoms with E-state index in [1.807, 2.05) is 13.6 Å². The molecule has 3 nitrogen and oxygen atoms in total. The van der Waals surface area contributed by atoms with Crippen LogP contribution in [0.4, 0.5) is 4.79 Å². The topological polar surface area (TPSA) is 38.3 Å². The van der Waals surface area contributed by atoms with E-state index in [2.05, 4.69) is 12.0 Å². The highest BCUT2D eigenvalue weighted by Crippen LogP contribution is 2.07. The van der Waals surface area contributed by atoms with E-state index in [4.69, 9.17) is 4.74 Å². The lowest BCUT2D eigenvalue weighted by Crippen LogP contribution is -2.23. The summed E-state index contributed by atoms with van der Waals surface area (Å²) in [7, 11) is 0.417. The number of ether oxygens (including phenoxy) is 1. The van der Waals surface area contributed by atoms with Gasteiger partial charge in [-0.3, -0.25) is 0 Å². The summed E-state index contributed by atoms with van der Waals surface area (Å²) in [5, 5.41) is 2.64. The van der Waals surface area contributed by atoms with Gasteiger partial charge in [-0.15, -0.1) is 0 Å². The SMILES string of the molecule is CCCC(CC)OC(=O)NPC. The molecule has 1 amide bonds. The number of amides is 1. The minimum atomic E-state index is -0.281. The Morgan fingerprint density at radius 3 is 2.67 bits per heavy atom. The molecule has 0 aliphatic rings. The van der Waals surface area contributed by atoms with Crippen molar-refractivity contribution in [1.29, 1.82) is 0 Å². The third-order valence-electron chi connectivity index (χ3n) is 1.57. The van der Waals surface area contributed by atoms with E-state index < -0.39 is 0 Å². The Hall–Kier alpha value is -0.300. The average Bonchev–Trinajstić information content (AvgIpc) is 2.04. The van der Waals surface area contributed by atoms with Gasteiger partial charge in [-0.2, -0.15) is 0 Å².